The molecule has 2 N–H and O–H groups in total. The van der Waals surface area contributed by atoms with Crippen LogP contribution in [0.2, 0.25) is 0 Å². The maximum Gasteiger partial charge on any atom is 0.332 e. The fraction of sp³-hybridized carbons (Fsp3) is 0.773. The number of allylic oxidation sites excluding steroid dienone is 1. The van der Waals surface area contributed by atoms with Crippen LogP contribution in [0.5, 0.6) is 0 Å². The van der Waals surface area contributed by atoms with E-state index in [4.69, 9.17) is 4.74 Å². The van der Waals surface area contributed by atoms with E-state index in [1.807, 2.05) is 0 Å². The summed E-state index contributed by atoms with van der Waals surface area (Å²) in [5.41, 5.74) is -0.970. The molecule has 1 aliphatic carbocycles. The van der Waals surface area contributed by atoms with Crippen LogP contribution in [0.4, 0.5) is 0 Å². The van der Waals surface area contributed by atoms with Gasteiger partial charge in [-0.15, -0.1) is 0 Å². The first kappa shape index (κ1) is 20.4. The van der Waals surface area contributed by atoms with Crippen molar-refractivity contribution >= 4 is 17.8 Å². The summed E-state index contributed by atoms with van der Waals surface area (Å²) < 4.78 is 5.30. The van der Waals surface area contributed by atoms with E-state index >= 15 is 0 Å². The number of esters is 1. The van der Waals surface area contributed by atoms with E-state index in [0.29, 0.717) is 25.3 Å². The van der Waals surface area contributed by atoms with Gasteiger partial charge in [0.25, 0.3) is 0 Å². The number of carbonyl (C=O) groups is 3. The topological polar surface area (TPSA) is 87.7 Å². The Morgan fingerprint density at radius 1 is 1.24 bits per heavy atom. The Bertz CT molecular complexity index is 694. The Kier molecular flexibility index (Phi) is 5.95. The van der Waals surface area contributed by atoms with Gasteiger partial charge in [-0.1, -0.05) is 25.0 Å². The van der Waals surface area contributed by atoms with Gasteiger partial charge in [-0.3, -0.25) is 9.59 Å². The summed E-state index contributed by atoms with van der Waals surface area (Å²) in [4.78, 5) is 40.9. The van der Waals surface area contributed by atoms with E-state index in [1.165, 1.54) is 0 Å². The molecule has 0 aromatic carbocycles. The minimum absolute atomic E-state index is 0.0290. The molecular weight excluding hydrogens is 370 g/mol. The van der Waals surface area contributed by atoms with E-state index in [2.05, 4.69) is 22.8 Å². The molecule has 160 valence electrons. The second-order valence-corrected chi connectivity index (χ2v) is 8.95. The molecule has 2 saturated heterocycles. The zero-order chi connectivity index (χ0) is 20.4. The number of carbonyl (C=O) groups excluding carboxylic acids is 3. The lowest BCUT2D eigenvalue weighted by Gasteiger charge is -2.29. The van der Waals surface area contributed by atoms with Crippen LogP contribution in [0.15, 0.2) is 12.2 Å². The van der Waals surface area contributed by atoms with Crippen LogP contribution >= 0.6 is 0 Å². The van der Waals surface area contributed by atoms with Crippen LogP contribution in [0, 0.1) is 17.8 Å². The van der Waals surface area contributed by atoms with Crippen molar-refractivity contribution in [1.29, 1.82) is 0 Å². The summed E-state index contributed by atoms with van der Waals surface area (Å²) in [6.07, 6.45) is 10.3. The van der Waals surface area contributed by atoms with Crippen LogP contribution in [0.1, 0.15) is 51.9 Å². The lowest BCUT2D eigenvalue weighted by Crippen LogP contribution is -2.55. The molecule has 29 heavy (non-hydrogen) atoms. The first-order valence-electron chi connectivity index (χ1n) is 11.2. The SMILES string of the molecule is CCOC(=O)C12CC1C=CCCCCCCC(=O)N1CC3CNCC3C1C(=O)N2. The second kappa shape index (κ2) is 8.46. The Morgan fingerprint density at radius 3 is 2.90 bits per heavy atom. The molecule has 3 heterocycles. The van der Waals surface area contributed by atoms with Crippen molar-refractivity contribution in [3.8, 4) is 0 Å². The number of hydrogen-bond acceptors (Lipinski definition) is 5. The van der Waals surface area contributed by atoms with Crippen molar-refractivity contribution in [3.05, 3.63) is 12.2 Å². The number of rotatable bonds is 2. The van der Waals surface area contributed by atoms with Crippen molar-refractivity contribution in [2.75, 3.05) is 26.2 Å². The van der Waals surface area contributed by atoms with E-state index in [0.717, 1.165) is 45.2 Å². The molecule has 5 unspecified atom stereocenters. The molecule has 5 atom stereocenters. The van der Waals surface area contributed by atoms with Gasteiger partial charge in [0.1, 0.15) is 11.6 Å². The lowest BCUT2D eigenvalue weighted by molar-refractivity contribution is -0.150. The minimum Gasteiger partial charge on any atom is -0.464 e. The third kappa shape index (κ3) is 3.93. The zero-order valence-corrected chi connectivity index (χ0v) is 17.3. The van der Waals surface area contributed by atoms with E-state index in [-0.39, 0.29) is 36.2 Å². The quantitative estimate of drug-likeness (QED) is 0.537. The van der Waals surface area contributed by atoms with Crippen molar-refractivity contribution in [2.45, 2.75) is 63.5 Å². The molecule has 0 radical (unpaired) electrons. The molecule has 0 bridgehead atoms. The number of nitrogens with zero attached hydrogens (tertiary/aromatic N) is 1. The molecule has 4 rings (SSSR count). The summed E-state index contributed by atoms with van der Waals surface area (Å²) in [6.45, 7) is 4.27. The molecule has 1 saturated carbocycles. The number of fused-ring (bicyclic) bond motifs is 4. The van der Waals surface area contributed by atoms with Gasteiger partial charge in [-0.25, -0.2) is 4.79 Å². The predicted molar refractivity (Wildman–Crippen MR) is 108 cm³/mol. The maximum atomic E-state index is 13.4. The van der Waals surface area contributed by atoms with E-state index < -0.39 is 11.6 Å². The van der Waals surface area contributed by atoms with Gasteiger partial charge in [0.15, 0.2) is 0 Å². The molecular formula is C22H33N3O4. The van der Waals surface area contributed by atoms with E-state index in [9.17, 15) is 14.4 Å². The Morgan fingerprint density at radius 2 is 2.07 bits per heavy atom. The average molecular weight is 404 g/mol. The highest BCUT2D eigenvalue weighted by molar-refractivity contribution is 5.95. The fourth-order valence-corrected chi connectivity index (χ4v) is 5.31. The monoisotopic (exact) mass is 403 g/mol. The van der Waals surface area contributed by atoms with Crippen LogP contribution in [-0.2, 0) is 19.1 Å². The minimum atomic E-state index is -0.970. The molecule has 0 spiro atoms. The normalized spacial score (nSPS) is 37.6. The van der Waals surface area contributed by atoms with Gasteiger partial charge in [-0.2, -0.15) is 0 Å². The Hall–Kier alpha value is -1.89. The van der Waals surface area contributed by atoms with Crippen molar-refractivity contribution < 1.29 is 19.1 Å². The van der Waals surface area contributed by atoms with Crippen LogP contribution in [0.25, 0.3) is 0 Å². The van der Waals surface area contributed by atoms with Crippen molar-refractivity contribution in [3.63, 3.8) is 0 Å². The smallest absolute Gasteiger partial charge is 0.332 e. The van der Waals surface area contributed by atoms with Gasteiger partial charge in [-0.05, 0) is 38.5 Å². The number of ether oxygens (including phenoxy) is 1. The molecule has 3 aliphatic heterocycles. The summed E-state index contributed by atoms with van der Waals surface area (Å²) in [5, 5.41) is 6.40. The molecule has 7 nitrogen and oxygen atoms in total. The van der Waals surface area contributed by atoms with Crippen LogP contribution in [-0.4, -0.2) is 60.5 Å². The summed E-state index contributed by atoms with van der Waals surface area (Å²) in [7, 11) is 0. The van der Waals surface area contributed by atoms with Crippen LogP contribution in [0.3, 0.4) is 0 Å². The van der Waals surface area contributed by atoms with Gasteiger partial charge in [0, 0.05) is 37.9 Å². The first-order chi connectivity index (χ1) is 14.1. The summed E-state index contributed by atoms with van der Waals surface area (Å²) in [5.74, 6) is -0.0925. The lowest BCUT2D eigenvalue weighted by atomic mass is 9.93. The van der Waals surface area contributed by atoms with Crippen molar-refractivity contribution in [2.24, 2.45) is 17.8 Å². The first-order valence-corrected chi connectivity index (χ1v) is 11.2. The highest BCUT2D eigenvalue weighted by Gasteiger charge is 2.62. The molecule has 0 aromatic heterocycles. The molecule has 7 heteroatoms. The highest BCUT2D eigenvalue weighted by atomic mass is 16.5. The van der Waals surface area contributed by atoms with Gasteiger partial charge in [0.05, 0.1) is 6.61 Å². The largest absolute Gasteiger partial charge is 0.464 e. The van der Waals surface area contributed by atoms with Gasteiger partial charge >= 0.3 is 5.97 Å². The molecule has 0 aromatic rings. The highest BCUT2D eigenvalue weighted by Crippen LogP contribution is 2.46. The summed E-state index contributed by atoms with van der Waals surface area (Å²) in [6, 6.07) is -0.496. The zero-order valence-electron chi connectivity index (χ0n) is 17.3. The van der Waals surface area contributed by atoms with E-state index in [1.54, 1.807) is 11.8 Å². The molecule has 4 aliphatic rings. The Labute approximate surface area is 172 Å². The molecule has 2 amide bonds. The summed E-state index contributed by atoms with van der Waals surface area (Å²) >= 11 is 0. The van der Waals surface area contributed by atoms with Gasteiger partial charge in [0.2, 0.25) is 11.8 Å². The predicted octanol–water partition coefficient (Wildman–Crippen LogP) is 1.38. The Balaban J connectivity index is 1.59. The maximum absolute atomic E-state index is 13.4. The standard InChI is InChI=1S/C22H33N3O4/c1-2-29-21(28)22-11-16(22)9-7-5-3-4-6-8-10-18(26)25-14-15-12-23-13-17(15)19(25)20(27)24-22/h7,9,15-17,19,23H,2-6,8,10-14H2,1H3,(H,24,27). The average Bonchev–Trinajstić information content (AvgIpc) is 3.02. The third-order valence-electron chi connectivity index (χ3n) is 7.03. The van der Waals surface area contributed by atoms with Gasteiger partial charge < -0.3 is 20.3 Å². The number of nitrogens with one attached hydrogen (secondary N) is 2. The fourth-order valence-electron chi connectivity index (χ4n) is 5.31. The third-order valence-corrected chi connectivity index (χ3v) is 7.03. The number of hydrogen-bond donors (Lipinski definition) is 2. The second-order valence-electron chi connectivity index (χ2n) is 8.95. The van der Waals surface area contributed by atoms with Crippen LogP contribution < -0.4 is 10.6 Å². The molecule has 3 fully saturated rings. The van der Waals surface area contributed by atoms with Crippen molar-refractivity contribution in [1.82, 2.24) is 15.5 Å². The number of amides is 2.